The summed E-state index contributed by atoms with van der Waals surface area (Å²) in [5.74, 6) is -0.257. The molecule has 0 spiro atoms. The third kappa shape index (κ3) is 4.31. The summed E-state index contributed by atoms with van der Waals surface area (Å²) in [5, 5.41) is 12.5. The molecule has 4 heteroatoms. The van der Waals surface area contributed by atoms with Gasteiger partial charge in [-0.05, 0) is 12.8 Å². The van der Waals surface area contributed by atoms with Crippen LogP contribution in [0.15, 0.2) is 0 Å². The van der Waals surface area contributed by atoms with Crippen LogP contribution in [0.4, 0.5) is 0 Å². The number of carbonyl (C=O) groups excluding carboxylic acids is 1. The second kappa shape index (κ2) is 4.42. The van der Waals surface area contributed by atoms with E-state index in [-0.39, 0.29) is 12.5 Å². The van der Waals surface area contributed by atoms with Crippen LogP contribution in [0.5, 0.6) is 0 Å². The molecule has 4 nitrogen and oxygen atoms in total. The normalized spacial score (nSPS) is 16.1. The number of nitrogens with two attached hydrogens (primary N) is 1. The number of amides is 1. The van der Waals surface area contributed by atoms with Crippen molar-refractivity contribution in [2.75, 3.05) is 13.1 Å². The van der Waals surface area contributed by atoms with Crippen LogP contribution in [-0.4, -0.2) is 29.7 Å². The third-order valence-electron chi connectivity index (χ3n) is 2.03. The molecular formula is C8H18N2O2. The van der Waals surface area contributed by atoms with E-state index in [2.05, 4.69) is 5.32 Å². The van der Waals surface area contributed by atoms with Crippen LogP contribution < -0.4 is 11.1 Å². The number of hydrogen-bond acceptors (Lipinski definition) is 3. The maximum absolute atomic E-state index is 10.3. The summed E-state index contributed by atoms with van der Waals surface area (Å²) in [6.45, 7) is 6.07. The fourth-order valence-electron chi connectivity index (χ4n) is 0.643. The Kier molecular flexibility index (Phi) is 4.20. The number of nitrogens with one attached hydrogen (secondary N) is 1. The summed E-state index contributed by atoms with van der Waals surface area (Å²) in [6, 6.07) is 0. The first-order valence-corrected chi connectivity index (χ1v) is 4.07. The highest BCUT2D eigenvalue weighted by molar-refractivity contribution is 5.75. The molecule has 0 bridgehead atoms. The number of aliphatic hydroxyl groups is 1. The lowest BCUT2D eigenvalue weighted by molar-refractivity contribution is -0.117. The van der Waals surface area contributed by atoms with E-state index in [1.807, 2.05) is 13.8 Å². The van der Waals surface area contributed by atoms with Crippen LogP contribution in [-0.2, 0) is 4.79 Å². The topological polar surface area (TPSA) is 75.3 Å². The summed E-state index contributed by atoms with van der Waals surface area (Å²) >= 11 is 0. The van der Waals surface area contributed by atoms with Crippen LogP contribution in [0.25, 0.3) is 0 Å². The summed E-state index contributed by atoms with van der Waals surface area (Å²) in [5.41, 5.74) is 4.13. The van der Waals surface area contributed by atoms with Crippen molar-refractivity contribution in [1.29, 1.82) is 0 Å². The molecule has 0 aromatic rings. The molecule has 0 fully saturated rings. The minimum absolute atomic E-state index is 0.114. The lowest BCUT2D eigenvalue weighted by Gasteiger charge is -2.27. The zero-order valence-electron chi connectivity index (χ0n) is 7.92. The standard InChI is InChI=1S/C8H18N2O2/c1-6(2)8(3,12)5-10-4-7(9)11/h6,10,12H,4-5H2,1-3H3,(H2,9,11). The number of rotatable bonds is 5. The lowest BCUT2D eigenvalue weighted by Crippen LogP contribution is -2.44. The maximum Gasteiger partial charge on any atom is 0.231 e. The van der Waals surface area contributed by atoms with E-state index in [0.717, 1.165) is 0 Å². The number of primary amides is 1. The number of carbonyl (C=O) groups is 1. The van der Waals surface area contributed by atoms with Gasteiger partial charge in [0.1, 0.15) is 0 Å². The predicted octanol–water partition coefficient (Wildman–Crippen LogP) is -0.532. The van der Waals surface area contributed by atoms with Crippen LogP contribution in [0.3, 0.4) is 0 Å². The first kappa shape index (κ1) is 11.4. The number of hydrogen-bond donors (Lipinski definition) is 3. The Morgan fingerprint density at radius 1 is 1.67 bits per heavy atom. The monoisotopic (exact) mass is 174 g/mol. The molecule has 4 N–H and O–H groups in total. The molecule has 72 valence electrons. The van der Waals surface area contributed by atoms with Gasteiger partial charge in [0.2, 0.25) is 5.91 Å². The SMILES string of the molecule is CC(C)C(C)(O)CNCC(N)=O. The summed E-state index contributed by atoms with van der Waals surface area (Å²) in [7, 11) is 0. The molecule has 0 saturated heterocycles. The van der Waals surface area contributed by atoms with Gasteiger partial charge in [-0.3, -0.25) is 4.79 Å². The highest BCUT2D eigenvalue weighted by Gasteiger charge is 2.23. The van der Waals surface area contributed by atoms with Crippen molar-refractivity contribution >= 4 is 5.91 Å². The first-order chi connectivity index (χ1) is 5.36. The third-order valence-corrected chi connectivity index (χ3v) is 2.03. The Morgan fingerprint density at radius 3 is 2.50 bits per heavy atom. The van der Waals surface area contributed by atoms with E-state index < -0.39 is 11.5 Å². The van der Waals surface area contributed by atoms with Gasteiger partial charge in [-0.2, -0.15) is 0 Å². The van der Waals surface area contributed by atoms with Crippen LogP contribution in [0.2, 0.25) is 0 Å². The van der Waals surface area contributed by atoms with Crippen molar-refractivity contribution in [3.63, 3.8) is 0 Å². The molecule has 0 saturated carbocycles. The van der Waals surface area contributed by atoms with Gasteiger partial charge < -0.3 is 16.2 Å². The van der Waals surface area contributed by atoms with Crippen molar-refractivity contribution in [1.82, 2.24) is 5.32 Å². The smallest absolute Gasteiger partial charge is 0.231 e. The zero-order chi connectivity index (χ0) is 9.78. The molecule has 12 heavy (non-hydrogen) atoms. The van der Waals surface area contributed by atoms with Crippen LogP contribution in [0, 0.1) is 5.92 Å². The first-order valence-electron chi connectivity index (χ1n) is 4.07. The quantitative estimate of drug-likeness (QED) is 0.524. The van der Waals surface area contributed by atoms with Crippen molar-refractivity contribution in [2.45, 2.75) is 26.4 Å². The maximum atomic E-state index is 10.3. The van der Waals surface area contributed by atoms with Gasteiger partial charge in [0.05, 0.1) is 12.1 Å². The molecule has 0 aromatic carbocycles. The van der Waals surface area contributed by atoms with E-state index in [1.165, 1.54) is 0 Å². The molecule has 0 heterocycles. The predicted molar refractivity (Wildman–Crippen MR) is 47.5 cm³/mol. The van der Waals surface area contributed by atoms with Crippen molar-refractivity contribution in [3.05, 3.63) is 0 Å². The van der Waals surface area contributed by atoms with Gasteiger partial charge in [-0.15, -0.1) is 0 Å². The molecule has 1 amide bonds. The second-order valence-electron chi connectivity index (χ2n) is 3.58. The fraction of sp³-hybridized carbons (Fsp3) is 0.875. The lowest BCUT2D eigenvalue weighted by atomic mass is 9.93. The van der Waals surface area contributed by atoms with Gasteiger partial charge in [0.15, 0.2) is 0 Å². The Bertz CT molecular complexity index is 155. The minimum atomic E-state index is -0.782. The largest absolute Gasteiger partial charge is 0.389 e. The fourth-order valence-corrected chi connectivity index (χ4v) is 0.643. The van der Waals surface area contributed by atoms with E-state index in [4.69, 9.17) is 5.73 Å². The molecule has 0 aliphatic rings. The summed E-state index contributed by atoms with van der Waals surface area (Å²) in [6.07, 6.45) is 0. The van der Waals surface area contributed by atoms with E-state index in [9.17, 15) is 9.90 Å². The van der Waals surface area contributed by atoms with E-state index in [1.54, 1.807) is 6.92 Å². The molecule has 0 rings (SSSR count). The Labute approximate surface area is 73.1 Å². The minimum Gasteiger partial charge on any atom is -0.389 e. The highest BCUT2D eigenvalue weighted by atomic mass is 16.3. The molecular weight excluding hydrogens is 156 g/mol. The Morgan fingerprint density at radius 2 is 2.17 bits per heavy atom. The van der Waals surface area contributed by atoms with Gasteiger partial charge in [0.25, 0.3) is 0 Å². The Balaban J connectivity index is 3.69. The van der Waals surface area contributed by atoms with Crippen LogP contribution in [0.1, 0.15) is 20.8 Å². The van der Waals surface area contributed by atoms with Crippen molar-refractivity contribution in [2.24, 2.45) is 11.7 Å². The molecule has 1 atom stereocenters. The van der Waals surface area contributed by atoms with Gasteiger partial charge >= 0.3 is 0 Å². The van der Waals surface area contributed by atoms with Crippen molar-refractivity contribution < 1.29 is 9.90 Å². The molecule has 0 aliphatic carbocycles. The van der Waals surface area contributed by atoms with Gasteiger partial charge in [-0.1, -0.05) is 13.8 Å². The molecule has 1 unspecified atom stereocenters. The average Bonchev–Trinajstić information content (AvgIpc) is 1.85. The van der Waals surface area contributed by atoms with E-state index >= 15 is 0 Å². The van der Waals surface area contributed by atoms with E-state index in [0.29, 0.717) is 6.54 Å². The van der Waals surface area contributed by atoms with Gasteiger partial charge in [0, 0.05) is 6.54 Å². The molecule has 0 aromatic heterocycles. The summed E-state index contributed by atoms with van der Waals surface area (Å²) < 4.78 is 0. The van der Waals surface area contributed by atoms with Crippen molar-refractivity contribution in [3.8, 4) is 0 Å². The van der Waals surface area contributed by atoms with Gasteiger partial charge in [-0.25, -0.2) is 0 Å². The molecule has 0 aliphatic heterocycles. The average molecular weight is 174 g/mol. The second-order valence-corrected chi connectivity index (χ2v) is 3.58. The Hall–Kier alpha value is -0.610. The van der Waals surface area contributed by atoms with Crippen LogP contribution >= 0.6 is 0 Å². The molecule has 0 radical (unpaired) electrons. The summed E-state index contributed by atoms with van der Waals surface area (Å²) in [4.78, 5) is 10.3. The highest BCUT2D eigenvalue weighted by Crippen LogP contribution is 2.13. The zero-order valence-corrected chi connectivity index (χ0v) is 7.92.